The summed E-state index contributed by atoms with van der Waals surface area (Å²) in [6.45, 7) is 0. The van der Waals surface area contributed by atoms with Gasteiger partial charge in [-0.05, 0) is 47.5 Å². The highest BCUT2D eigenvalue weighted by Crippen LogP contribution is 2.36. The molecule has 34 heavy (non-hydrogen) atoms. The number of hydrogen-bond acceptors (Lipinski definition) is 4. The minimum atomic E-state index is -4.89. The Morgan fingerprint density at radius 3 is 2.09 bits per heavy atom. The number of ether oxygens (including phenoxy) is 2. The quantitative estimate of drug-likeness (QED) is 0.319. The minimum absolute atomic E-state index is 0.102. The van der Waals surface area contributed by atoms with Crippen LogP contribution in [0.15, 0.2) is 97.2 Å². The number of amides is 2. The van der Waals surface area contributed by atoms with E-state index in [-0.39, 0.29) is 17.3 Å². The first-order valence-electron chi connectivity index (χ1n) is 10.1. The van der Waals surface area contributed by atoms with Crippen molar-refractivity contribution in [2.75, 3.05) is 10.6 Å². The van der Waals surface area contributed by atoms with Gasteiger partial charge in [-0.25, -0.2) is 9.78 Å². The van der Waals surface area contributed by atoms with E-state index in [1.165, 1.54) is 30.5 Å². The van der Waals surface area contributed by atoms with E-state index in [9.17, 15) is 18.0 Å². The molecule has 3 aromatic carbocycles. The van der Waals surface area contributed by atoms with E-state index >= 15 is 0 Å². The van der Waals surface area contributed by atoms with Crippen molar-refractivity contribution in [1.29, 1.82) is 0 Å². The monoisotopic (exact) mass is 465 g/mol. The van der Waals surface area contributed by atoms with E-state index in [0.717, 1.165) is 17.2 Å². The van der Waals surface area contributed by atoms with E-state index in [1.54, 1.807) is 18.2 Å². The number of benzene rings is 3. The molecule has 0 fully saturated rings. The SMILES string of the molecule is O=C(Nc1ccc(-c2ccccc2)cc1)Nc1cccnc1Oc1ccccc1OC(F)(F)F. The van der Waals surface area contributed by atoms with Crippen molar-refractivity contribution in [3.63, 3.8) is 0 Å². The highest BCUT2D eigenvalue weighted by Gasteiger charge is 2.32. The smallest absolute Gasteiger partial charge is 0.433 e. The number of carbonyl (C=O) groups excluding carboxylic acids is 1. The number of nitrogens with one attached hydrogen (secondary N) is 2. The van der Waals surface area contributed by atoms with Crippen LogP contribution in [0.2, 0.25) is 0 Å². The van der Waals surface area contributed by atoms with E-state index in [1.807, 2.05) is 42.5 Å². The van der Waals surface area contributed by atoms with Gasteiger partial charge in [0.05, 0.1) is 0 Å². The van der Waals surface area contributed by atoms with Gasteiger partial charge in [0.15, 0.2) is 11.5 Å². The van der Waals surface area contributed by atoms with Gasteiger partial charge < -0.3 is 20.1 Å². The number of urea groups is 1. The Morgan fingerprint density at radius 1 is 0.735 bits per heavy atom. The van der Waals surface area contributed by atoms with Gasteiger partial charge in [-0.3, -0.25) is 0 Å². The number of pyridine rings is 1. The average molecular weight is 465 g/mol. The Balaban J connectivity index is 1.45. The topological polar surface area (TPSA) is 72.5 Å². The predicted molar refractivity (Wildman–Crippen MR) is 122 cm³/mol. The van der Waals surface area contributed by atoms with Crippen LogP contribution >= 0.6 is 0 Å². The van der Waals surface area contributed by atoms with Crippen molar-refractivity contribution in [2.45, 2.75) is 6.36 Å². The van der Waals surface area contributed by atoms with Crippen LogP contribution < -0.4 is 20.1 Å². The number of anilines is 2. The third-order valence-corrected chi connectivity index (χ3v) is 4.55. The molecule has 0 bridgehead atoms. The number of aromatic nitrogens is 1. The molecular weight excluding hydrogens is 447 g/mol. The third-order valence-electron chi connectivity index (χ3n) is 4.55. The number of halogens is 3. The van der Waals surface area contributed by atoms with Crippen LogP contribution in [-0.2, 0) is 0 Å². The fraction of sp³-hybridized carbons (Fsp3) is 0.0400. The summed E-state index contributed by atoms with van der Waals surface area (Å²) in [4.78, 5) is 16.5. The molecule has 0 unspecified atom stereocenters. The Bertz CT molecular complexity index is 1260. The summed E-state index contributed by atoms with van der Waals surface area (Å²) < 4.78 is 47.6. The summed E-state index contributed by atoms with van der Waals surface area (Å²) in [6.07, 6.45) is -3.51. The Labute approximate surface area is 193 Å². The maximum atomic E-state index is 12.7. The normalized spacial score (nSPS) is 10.9. The molecule has 0 radical (unpaired) electrons. The van der Waals surface area contributed by atoms with Gasteiger partial charge in [0.2, 0.25) is 5.88 Å². The van der Waals surface area contributed by atoms with Gasteiger partial charge >= 0.3 is 12.4 Å². The molecule has 9 heteroatoms. The maximum Gasteiger partial charge on any atom is 0.573 e. The summed E-state index contributed by atoms with van der Waals surface area (Å²) in [7, 11) is 0. The Kier molecular flexibility index (Phi) is 6.63. The molecule has 4 rings (SSSR count). The molecule has 0 atom stereocenters. The van der Waals surface area contributed by atoms with Gasteiger partial charge in [0.25, 0.3) is 0 Å². The van der Waals surface area contributed by atoms with E-state index < -0.39 is 18.1 Å². The minimum Gasteiger partial charge on any atom is -0.433 e. The first kappa shape index (κ1) is 22.7. The van der Waals surface area contributed by atoms with Crippen LogP contribution in [0.1, 0.15) is 0 Å². The highest BCUT2D eigenvalue weighted by molar-refractivity contribution is 6.00. The molecule has 2 amide bonds. The molecule has 2 N–H and O–H groups in total. The van der Waals surface area contributed by atoms with Gasteiger partial charge in [0, 0.05) is 11.9 Å². The molecular formula is C25H18F3N3O3. The first-order valence-corrected chi connectivity index (χ1v) is 10.1. The second-order valence-electron chi connectivity index (χ2n) is 6.98. The summed E-state index contributed by atoms with van der Waals surface area (Å²) in [5.41, 5.74) is 2.75. The highest BCUT2D eigenvalue weighted by atomic mass is 19.4. The van der Waals surface area contributed by atoms with Gasteiger partial charge in [-0.2, -0.15) is 0 Å². The molecule has 0 aliphatic rings. The number of carbonyl (C=O) groups is 1. The van der Waals surface area contributed by atoms with Crippen molar-refractivity contribution < 1.29 is 27.4 Å². The Morgan fingerprint density at radius 2 is 1.38 bits per heavy atom. The number of alkyl halides is 3. The van der Waals surface area contributed by atoms with E-state index in [0.29, 0.717) is 5.69 Å². The fourth-order valence-corrected chi connectivity index (χ4v) is 3.08. The van der Waals surface area contributed by atoms with Crippen LogP contribution in [0.3, 0.4) is 0 Å². The average Bonchev–Trinajstić information content (AvgIpc) is 2.82. The molecule has 4 aromatic rings. The van der Waals surface area contributed by atoms with Crippen molar-refractivity contribution >= 4 is 17.4 Å². The van der Waals surface area contributed by atoms with Gasteiger partial charge in [-0.1, -0.05) is 54.6 Å². The van der Waals surface area contributed by atoms with Crippen LogP contribution in [-0.4, -0.2) is 17.4 Å². The number of hydrogen-bond donors (Lipinski definition) is 2. The van der Waals surface area contributed by atoms with Crippen molar-refractivity contribution in [1.82, 2.24) is 4.98 Å². The van der Waals surface area contributed by atoms with Crippen molar-refractivity contribution in [2.24, 2.45) is 0 Å². The maximum absolute atomic E-state index is 12.7. The number of nitrogens with zero attached hydrogens (tertiary/aromatic N) is 1. The lowest BCUT2D eigenvalue weighted by Gasteiger charge is -2.15. The largest absolute Gasteiger partial charge is 0.573 e. The molecule has 0 saturated heterocycles. The molecule has 0 aliphatic heterocycles. The number of rotatable bonds is 6. The lowest BCUT2D eigenvalue weighted by molar-refractivity contribution is -0.275. The zero-order chi connectivity index (χ0) is 24.0. The van der Waals surface area contributed by atoms with Crippen LogP contribution in [0, 0.1) is 0 Å². The van der Waals surface area contributed by atoms with E-state index in [2.05, 4.69) is 20.4 Å². The molecule has 0 aliphatic carbocycles. The molecule has 0 saturated carbocycles. The van der Waals surface area contributed by atoms with Crippen molar-refractivity contribution in [3.05, 3.63) is 97.2 Å². The van der Waals surface area contributed by atoms with Crippen molar-refractivity contribution in [3.8, 4) is 28.5 Å². The zero-order valence-corrected chi connectivity index (χ0v) is 17.5. The number of para-hydroxylation sites is 2. The molecule has 1 aromatic heterocycles. The molecule has 6 nitrogen and oxygen atoms in total. The third kappa shape index (κ3) is 6.04. The lowest BCUT2D eigenvalue weighted by atomic mass is 10.1. The first-order chi connectivity index (χ1) is 16.4. The predicted octanol–water partition coefficient (Wildman–Crippen LogP) is 7.08. The summed E-state index contributed by atoms with van der Waals surface area (Å²) in [5, 5.41) is 5.29. The van der Waals surface area contributed by atoms with E-state index in [4.69, 9.17) is 4.74 Å². The Hall–Kier alpha value is -4.53. The van der Waals surface area contributed by atoms with Crippen LogP contribution in [0.25, 0.3) is 11.1 Å². The molecule has 0 spiro atoms. The van der Waals surface area contributed by atoms with Gasteiger partial charge in [-0.15, -0.1) is 13.2 Å². The standard InChI is InChI=1S/C25H18F3N3O3/c26-25(27,28)34-22-11-5-4-10-21(22)33-23-20(9-6-16-29-23)31-24(32)30-19-14-12-18(13-15-19)17-7-2-1-3-8-17/h1-16H,(H2,30,31,32). The summed E-state index contributed by atoms with van der Waals surface area (Å²) in [6, 6.07) is 24.8. The summed E-state index contributed by atoms with van der Waals surface area (Å²) >= 11 is 0. The summed E-state index contributed by atoms with van der Waals surface area (Å²) in [5.74, 6) is -0.844. The van der Waals surface area contributed by atoms with Crippen LogP contribution in [0.5, 0.6) is 17.4 Å². The lowest BCUT2D eigenvalue weighted by Crippen LogP contribution is -2.20. The second kappa shape index (κ2) is 9.95. The fourth-order valence-electron chi connectivity index (χ4n) is 3.08. The van der Waals surface area contributed by atoms with Gasteiger partial charge in [0.1, 0.15) is 5.69 Å². The second-order valence-corrected chi connectivity index (χ2v) is 6.98. The van der Waals surface area contributed by atoms with Crippen LogP contribution in [0.4, 0.5) is 29.3 Å². The molecule has 172 valence electrons. The zero-order valence-electron chi connectivity index (χ0n) is 17.5. The molecule has 1 heterocycles.